The molecule has 2 heterocycles. The second-order valence-electron chi connectivity index (χ2n) is 9.56. The third kappa shape index (κ3) is 6.00. The zero-order valence-corrected chi connectivity index (χ0v) is 18.7. The minimum atomic E-state index is -0.468. The zero-order valence-electron chi connectivity index (χ0n) is 18.7. The van der Waals surface area contributed by atoms with Crippen molar-refractivity contribution in [1.29, 1.82) is 0 Å². The molecule has 170 valence electrons. The van der Waals surface area contributed by atoms with Gasteiger partial charge in [-0.25, -0.2) is 9.59 Å². The van der Waals surface area contributed by atoms with E-state index in [4.69, 9.17) is 9.47 Å². The van der Waals surface area contributed by atoms with Crippen LogP contribution in [-0.2, 0) is 14.3 Å². The van der Waals surface area contributed by atoms with E-state index in [1.54, 1.807) is 4.90 Å². The molecule has 0 aromatic rings. The Morgan fingerprint density at radius 1 is 1.07 bits per heavy atom. The molecule has 0 radical (unpaired) electrons. The lowest BCUT2D eigenvalue weighted by atomic mass is 9.89. The molecule has 1 saturated carbocycles. The van der Waals surface area contributed by atoms with Gasteiger partial charge >= 0.3 is 12.2 Å². The van der Waals surface area contributed by atoms with Gasteiger partial charge in [0.2, 0.25) is 5.91 Å². The van der Waals surface area contributed by atoms with Gasteiger partial charge in [0, 0.05) is 45.2 Å². The van der Waals surface area contributed by atoms with Gasteiger partial charge in [-0.15, -0.1) is 0 Å². The fourth-order valence-electron chi connectivity index (χ4n) is 4.53. The third-order valence-corrected chi connectivity index (χ3v) is 6.07. The van der Waals surface area contributed by atoms with E-state index in [-0.39, 0.29) is 30.2 Å². The van der Waals surface area contributed by atoms with Crippen LogP contribution in [0.2, 0.25) is 0 Å². The standard InChI is InChI=1S/C21H36N4O5/c1-15(26)22-13-18-14-25(20(28)29-18)17-7-5-16(6-8-17)23-9-11-24(12-10-23)19(27)30-21(2,3)4/h16-18H,5-14H2,1-4H3,(H,22,26)/t16?,17?,18-/m0/s1. The summed E-state index contributed by atoms with van der Waals surface area (Å²) < 4.78 is 10.9. The van der Waals surface area contributed by atoms with Crippen LogP contribution in [0.25, 0.3) is 0 Å². The third-order valence-electron chi connectivity index (χ3n) is 6.07. The lowest BCUT2D eigenvalue weighted by molar-refractivity contribution is -0.119. The van der Waals surface area contributed by atoms with E-state index in [0.29, 0.717) is 32.2 Å². The number of ether oxygens (including phenoxy) is 2. The summed E-state index contributed by atoms with van der Waals surface area (Å²) in [5.74, 6) is -0.114. The summed E-state index contributed by atoms with van der Waals surface area (Å²) >= 11 is 0. The summed E-state index contributed by atoms with van der Waals surface area (Å²) in [6.07, 6.45) is 3.24. The van der Waals surface area contributed by atoms with Crippen molar-refractivity contribution in [2.45, 2.75) is 77.2 Å². The highest BCUT2D eigenvalue weighted by molar-refractivity contribution is 5.73. The van der Waals surface area contributed by atoms with Gasteiger partial charge in [-0.3, -0.25) is 9.69 Å². The van der Waals surface area contributed by atoms with Crippen LogP contribution in [0.15, 0.2) is 0 Å². The quantitative estimate of drug-likeness (QED) is 0.740. The van der Waals surface area contributed by atoms with Gasteiger partial charge in [0.05, 0.1) is 13.1 Å². The lowest BCUT2D eigenvalue weighted by Gasteiger charge is -2.43. The predicted molar refractivity (Wildman–Crippen MR) is 111 cm³/mol. The summed E-state index contributed by atoms with van der Waals surface area (Å²) in [6, 6.07) is 0.704. The van der Waals surface area contributed by atoms with Gasteiger partial charge < -0.3 is 24.6 Å². The van der Waals surface area contributed by atoms with E-state index in [1.807, 2.05) is 25.7 Å². The molecule has 0 aromatic heterocycles. The highest BCUT2D eigenvalue weighted by Crippen LogP contribution is 2.30. The van der Waals surface area contributed by atoms with Crippen molar-refractivity contribution >= 4 is 18.1 Å². The normalized spacial score (nSPS) is 28.3. The Hall–Kier alpha value is -2.03. The number of cyclic esters (lactones) is 1. The molecular weight excluding hydrogens is 388 g/mol. The second-order valence-corrected chi connectivity index (χ2v) is 9.56. The second kappa shape index (κ2) is 9.41. The van der Waals surface area contributed by atoms with Crippen LogP contribution in [0.5, 0.6) is 0 Å². The Balaban J connectivity index is 1.40. The Morgan fingerprint density at radius 2 is 1.67 bits per heavy atom. The van der Waals surface area contributed by atoms with Crippen molar-refractivity contribution in [2.75, 3.05) is 39.3 Å². The topological polar surface area (TPSA) is 91.4 Å². The molecule has 3 rings (SSSR count). The fourth-order valence-corrected chi connectivity index (χ4v) is 4.53. The smallest absolute Gasteiger partial charge is 0.410 e. The summed E-state index contributed by atoms with van der Waals surface area (Å²) in [5, 5.41) is 2.72. The Morgan fingerprint density at radius 3 is 2.23 bits per heavy atom. The van der Waals surface area contributed by atoms with Crippen LogP contribution in [0.1, 0.15) is 53.4 Å². The fraction of sp³-hybridized carbons (Fsp3) is 0.857. The van der Waals surface area contributed by atoms with E-state index in [2.05, 4.69) is 10.2 Å². The van der Waals surface area contributed by atoms with Gasteiger partial charge in [0.25, 0.3) is 0 Å². The minimum absolute atomic E-state index is 0.114. The number of hydrogen-bond donors (Lipinski definition) is 1. The molecule has 3 aliphatic rings. The first-order valence-electron chi connectivity index (χ1n) is 11.1. The summed E-state index contributed by atoms with van der Waals surface area (Å²) in [4.78, 5) is 41.7. The number of carbonyl (C=O) groups excluding carboxylic acids is 3. The first-order chi connectivity index (χ1) is 14.1. The maximum atomic E-state index is 12.2. The largest absolute Gasteiger partial charge is 0.444 e. The van der Waals surface area contributed by atoms with E-state index < -0.39 is 5.60 Å². The molecule has 2 saturated heterocycles. The molecule has 0 unspecified atom stereocenters. The van der Waals surface area contributed by atoms with Gasteiger partial charge in [0.1, 0.15) is 11.7 Å². The number of carbonyl (C=O) groups is 3. The number of piperazine rings is 1. The van der Waals surface area contributed by atoms with Crippen molar-refractivity contribution in [3.8, 4) is 0 Å². The minimum Gasteiger partial charge on any atom is -0.444 e. The van der Waals surface area contributed by atoms with E-state index in [1.165, 1.54) is 6.92 Å². The van der Waals surface area contributed by atoms with E-state index >= 15 is 0 Å². The van der Waals surface area contributed by atoms with E-state index in [0.717, 1.165) is 38.8 Å². The van der Waals surface area contributed by atoms with Crippen LogP contribution in [0, 0.1) is 0 Å². The molecule has 2 aliphatic heterocycles. The SMILES string of the molecule is CC(=O)NC[C@H]1CN(C2CCC(N3CCN(C(=O)OC(C)(C)C)CC3)CC2)C(=O)O1. The lowest BCUT2D eigenvalue weighted by Crippen LogP contribution is -2.54. The van der Waals surface area contributed by atoms with Crippen LogP contribution in [0.4, 0.5) is 9.59 Å². The maximum Gasteiger partial charge on any atom is 0.410 e. The Labute approximate surface area is 179 Å². The number of amides is 3. The molecule has 9 nitrogen and oxygen atoms in total. The van der Waals surface area contributed by atoms with Gasteiger partial charge in [0.15, 0.2) is 0 Å². The number of hydrogen-bond acceptors (Lipinski definition) is 6. The first kappa shape index (κ1) is 22.7. The Bertz CT molecular complexity index is 634. The zero-order chi connectivity index (χ0) is 21.9. The number of nitrogens with one attached hydrogen (secondary N) is 1. The molecule has 0 aromatic carbocycles. The molecule has 3 fully saturated rings. The molecule has 9 heteroatoms. The van der Waals surface area contributed by atoms with Gasteiger partial charge in [-0.05, 0) is 46.5 Å². The summed E-state index contributed by atoms with van der Waals surface area (Å²) in [5.41, 5.74) is -0.468. The van der Waals surface area contributed by atoms with Crippen LogP contribution in [-0.4, -0.2) is 95.9 Å². The summed E-state index contributed by atoms with van der Waals surface area (Å²) in [6.45, 7) is 11.1. The van der Waals surface area contributed by atoms with Gasteiger partial charge in [-0.2, -0.15) is 0 Å². The van der Waals surface area contributed by atoms with Gasteiger partial charge in [-0.1, -0.05) is 0 Å². The molecule has 30 heavy (non-hydrogen) atoms. The molecule has 1 aliphatic carbocycles. The monoisotopic (exact) mass is 424 g/mol. The first-order valence-corrected chi connectivity index (χ1v) is 11.1. The van der Waals surface area contributed by atoms with Crippen LogP contribution in [0.3, 0.4) is 0 Å². The molecule has 1 atom stereocenters. The highest BCUT2D eigenvalue weighted by Gasteiger charge is 2.39. The highest BCUT2D eigenvalue weighted by atomic mass is 16.6. The average molecular weight is 425 g/mol. The number of rotatable bonds is 4. The molecule has 0 spiro atoms. The van der Waals surface area contributed by atoms with Crippen molar-refractivity contribution in [3.63, 3.8) is 0 Å². The molecular formula is C21H36N4O5. The van der Waals surface area contributed by atoms with Crippen molar-refractivity contribution in [1.82, 2.24) is 20.0 Å². The number of nitrogens with zero attached hydrogens (tertiary/aromatic N) is 3. The molecule has 0 bridgehead atoms. The molecule has 1 N–H and O–H groups in total. The van der Waals surface area contributed by atoms with Crippen LogP contribution >= 0.6 is 0 Å². The maximum absolute atomic E-state index is 12.2. The summed E-state index contributed by atoms with van der Waals surface area (Å²) in [7, 11) is 0. The van der Waals surface area contributed by atoms with Crippen molar-refractivity contribution in [2.24, 2.45) is 0 Å². The Kier molecular flexibility index (Phi) is 7.10. The average Bonchev–Trinajstić information content (AvgIpc) is 3.06. The molecule has 3 amide bonds. The van der Waals surface area contributed by atoms with Crippen molar-refractivity contribution < 1.29 is 23.9 Å². The van der Waals surface area contributed by atoms with Crippen LogP contribution < -0.4 is 5.32 Å². The predicted octanol–water partition coefficient (Wildman–Crippen LogP) is 1.81. The van der Waals surface area contributed by atoms with Crippen molar-refractivity contribution in [3.05, 3.63) is 0 Å². The van der Waals surface area contributed by atoms with E-state index in [9.17, 15) is 14.4 Å².